The van der Waals surface area contributed by atoms with Crippen LogP contribution in [-0.2, 0) is 11.2 Å². The summed E-state index contributed by atoms with van der Waals surface area (Å²) in [6, 6.07) is 12.0. The smallest absolute Gasteiger partial charge is 0.230 e. The molecule has 2 aromatic carbocycles. The molecule has 0 radical (unpaired) electrons. The Bertz CT molecular complexity index is 848. The summed E-state index contributed by atoms with van der Waals surface area (Å²) in [5, 5.41) is 4.83. The van der Waals surface area contributed by atoms with E-state index in [9.17, 15) is 13.6 Å². The van der Waals surface area contributed by atoms with Gasteiger partial charge in [-0.1, -0.05) is 24.3 Å². The molecule has 23 heavy (non-hydrogen) atoms. The molecular formula is C17H12F2N2OS. The largest absolute Gasteiger partial charge is 0.302 e. The first-order valence-corrected chi connectivity index (χ1v) is 7.74. The standard InChI is InChI=1S/C17H12F2N2OS/c18-13-5-1-3-11(7-13)8-16(22)21-17-20-15(10-23-17)12-4-2-6-14(19)9-12/h1-7,9-10H,8H2,(H,20,21,22). The van der Waals surface area contributed by atoms with Crippen molar-refractivity contribution in [3.8, 4) is 11.3 Å². The van der Waals surface area contributed by atoms with Gasteiger partial charge in [0.15, 0.2) is 5.13 Å². The molecule has 0 aliphatic carbocycles. The van der Waals surface area contributed by atoms with Crippen molar-refractivity contribution in [2.75, 3.05) is 5.32 Å². The third kappa shape index (κ3) is 3.98. The Hall–Kier alpha value is -2.60. The van der Waals surface area contributed by atoms with Gasteiger partial charge in [-0.2, -0.15) is 0 Å². The molecule has 0 saturated carbocycles. The van der Waals surface area contributed by atoms with Gasteiger partial charge in [0, 0.05) is 10.9 Å². The minimum absolute atomic E-state index is 0.0621. The number of thiazole rings is 1. The number of nitrogens with one attached hydrogen (secondary N) is 1. The Morgan fingerprint density at radius 3 is 2.57 bits per heavy atom. The van der Waals surface area contributed by atoms with Crippen molar-refractivity contribution in [2.24, 2.45) is 0 Å². The average molecular weight is 330 g/mol. The maximum absolute atomic E-state index is 13.2. The van der Waals surface area contributed by atoms with Crippen LogP contribution in [0.25, 0.3) is 11.3 Å². The molecule has 1 heterocycles. The van der Waals surface area contributed by atoms with Crippen LogP contribution in [0, 0.1) is 11.6 Å². The van der Waals surface area contributed by atoms with Gasteiger partial charge >= 0.3 is 0 Å². The molecule has 0 fully saturated rings. The van der Waals surface area contributed by atoms with Crippen molar-refractivity contribution >= 4 is 22.4 Å². The molecule has 0 bridgehead atoms. The quantitative estimate of drug-likeness (QED) is 0.776. The first-order chi connectivity index (χ1) is 11.1. The summed E-state index contributed by atoms with van der Waals surface area (Å²) >= 11 is 1.25. The van der Waals surface area contributed by atoms with E-state index in [4.69, 9.17) is 0 Å². The lowest BCUT2D eigenvalue weighted by atomic mass is 10.1. The van der Waals surface area contributed by atoms with Gasteiger partial charge in [0.05, 0.1) is 12.1 Å². The van der Waals surface area contributed by atoms with Crippen LogP contribution in [0.2, 0.25) is 0 Å². The second kappa shape index (κ2) is 6.66. The maximum atomic E-state index is 13.2. The highest BCUT2D eigenvalue weighted by molar-refractivity contribution is 7.14. The summed E-state index contributed by atoms with van der Waals surface area (Å²) in [6.07, 6.45) is 0.0621. The Morgan fingerprint density at radius 1 is 1.09 bits per heavy atom. The zero-order valence-electron chi connectivity index (χ0n) is 11.9. The maximum Gasteiger partial charge on any atom is 0.230 e. The molecule has 6 heteroatoms. The molecular weight excluding hydrogens is 318 g/mol. The van der Waals surface area contributed by atoms with E-state index >= 15 is 0 Å². The van der Waals surface area contributed by atoms with Crippen LogP contribution in [0.4, 0.5) is 13.9 Å². The van der Waals surface area contributed by atoms with Crippen LogP contribution in [0.5, 0.6) is 0 Å². The number of carbonyl (C=O) groups excluding carboxylic acids is 1. The van der Waals surface area contributed by atoms with Crippen molar-refractivity contribution in [1.82, 2.24) is 4.98 Å². The van der Waals surface area contributed by atoms with E-state index in [2.05, 4.69) is 10.3 Å². The number of anilines is 1. The van der Waals surface area contributed by atoms with Crippen molar-refractivity contribution in [2.45, 2.75) is 6.42 Å². The monoisotopic (exact) mass is 330 g/mol. The fourth-order valence-electron chi connectivity index (χ4n) is 2.11. The Morgan fingerprint density at radius 2 is 1.83 bits per heavy atom. The molecule has 3 rings (SSSR count). The molecule has 0 saturated heterocycles. The van der Waals surface area contributed by atoms with Gasteiger partial charge in [0.2, 0.25) is 5.91 Å². The van der Waals surface area contributed by atoms with Gasteiger partial charge in [-0.3, -0.25) is 4.79 Å². The van der Waals surface area contributed by atoms with Gasteiger partial charge in [0.25, 0.3) is 0 Å². The fourth-order valence-corrected chi connectivity index (χ4v) is 2.84. The summed E-state index contributed by atoms with van der Waals surface area (Å²) in [6.45, 7) is 0. The van der Waals surface area contributed by atoms with E-state index in [0.29, 0.717) is 22.0 Å². The fraction of sp³-hybridized carbons (Fsp3) is 0.0588. The van der Waals surface area contributed by atoms with Gasteiger partial charge in [-0.15, -0.1) is 11.3 Å². The van der Waals surface area contributed by atoms with Gasteiger partial charge < -0.3 is 5.32 Å². The predicted octanol–water partition coefficient (Wildman–Crippen LogP) is 4.27. The molecule has 1 aromatic heterocycles. The lowest BCUT2D eigenvalue weighted by molar-refractivity contribution is -0.115. The zero-order chi connectivity index (χ0) is 16.2. The minimum atomic E-state index is -0.377. The van der Waals surface area contributed by atoms with Crippen LogP contribution in [0.15, 0.2) is 53.9 Å². The Kier molecular flexibility index (Phi) is 4.43. The zero-order valence-corrected chi connectivity index (χ0v) is 12.7. The van der Waals surface area contributed by atoms with Crippen LogP contribution < -0.4 is 5.32 Å². The lowest BCUT2D eigenvalue weighted by Gasteiger charge is -2.02. The van der Waals surface area contributed by atoms with Crippen molar-refractivity contribution in [3.63, 3.8) is 0 Å². The van der Waals surface area contributed by atoms with Crippen molar-refractivity contribution in [1.29, 1.82) is 0 Å². The molecule has 0 aliphatic rings. The van der Waals surface area contributed by atoms with E-state index in [1.54, 1.807) is 29.6 Å². The second-order valence-electron chi connectivity index (χ2n) is 4.90. The third-order valence-electron chi connectivity index (χ3n) is 3.12. The lowest BCUT2D eigenvalue weighted by Crippen LogP contribution is -2.14. The van der Waals surface area contributed by atoms with E-state index in [1.807, 2.05) is 0 Å². The van der Waals surface area contributed by atoms with Crippen LogP contribution in [0.3, 0.4) is 0 Å². The number of hydrogen-bond donors (Lipinski definition) is 1. The second-order valence-corrected chi connectivity index (χ2v) is 5.76. The summed E-state index contributed by atoms with van der Waals surface area (Å²) in [7, 11) is 0. The van der Waals surface area contributed by atoms with Crippen LogP contribution >= 0.6 is 11.3 Å². The molecule has 1 amide bonds. The highest BCUT2D eigenvalue weighted by Gasteiger charge is 2.09. The van der Waals surface area contributed by atoms with Gasteiger partial charge in [0.1, 0.15) is 11.6 Å². The molecule has 116 valence electrons. The summed E-state index contributed by atoms with van der Waals surface area (Å²) in [5.41, 5.74) is 1.83. The molecule has 1 N–H and O–H groups in total. The number of rotatable bonds is 4. The highest BCUT2D eigenvalue weighted by atomic mass is 32.1. The predicted molar refractivity (Wildman–Crippen MR) is 86.2 cm³/mol. The van der Waals surface area contributed by atoms with Crippen molar-refractivity contribution < 1.29 is 13.6 Å². The molecule has 0 aliphatic heterocycles. The Balaban J connectivity index is 1.68. The molecule has 3 aromatic rings. The highest BCUT2D eigenvalue weighted by Crippen LogP contribution is 2.25. The van der Waals surface area contributed by atoms with Crippen LogP contribution in [0.1, 0.15) is 5.56 Å². The molecule has 3 nitrogen and oxygen atoms in total. The van der Waals surface area contributed by atoms with E-state index in [-0.39, 0.29) is 24.0 Å². The number of aromatic nitrogens is 1. The van der Waals surface area contributed by atoms with Crippen LogP contribution in [-0.4, -0.2) is 10.9 Å². The van der Waals surface area contributed by atoms with Gasteiger partial charge in [-0.05, 0) is 29.8 Å². The number of carbonyl (C=O) groups is 1. The first kappa shape index (κ1) is 15.3. The number of benzene rings is 2. The SMILES string of the molecule is O=C(Cc1cccc(F)c1)Nc1nc(-c2cccc(F)c2)cs1. The molecule has 0 unspecified atom stereocenters. The minimum Gasteiger partial charge on any atom is -0.302 e. The van der Waals surface area contributed by atoms with E-state index in [0.717, 1.165) is 0 Å². The third-order valence-corrected chi connectivity index (χ3v) is 3.88. The van der Waals surface area contributed by atoms with E-state index in [1.165, 1.54) is 35.6 Å². The molecule has 0 atom stereocenters. The summed E-state index contributed by atoms with van der Waals surface area (Å²) < 4.78 is 26.3. The normalized spacial score (nSPS) is 10.5. The average Bonchev–Trinajstić information content (AvgIpc) is 2.95. The van der Waals surface area contributed by atoms with E-state index < -0.39 is 0 Å². The first-order valence-electron chi connectivity index (χ1n) is 6.86. The van der Waals surface area contributed by atoms with Crippen molar-refractivity contribution in [3.05, 3.63) is 71.1 Å². The topological polar surface area (TPSA) is 42.0 Å². The Labute approximate surface area is 135 Å². The summed E-state index contributed by atoms with van der Waals surface area (Å²) in [5.74, 6) is -0.999. The summed E-state index contributed by atoms with van der Waals surface area (Å²) in [4.78, 5) is 16.2. The molecule has 0 spiro atoms. The number of amides is 1. The number of halogens is 2. The number of hydrogen-bond acceptors (Lipinski definition) is 3. The number of nitrogens with zero attached hydrogens (tertiary/aromatic N) is 1. The van der Waals surface area contributed by atoms with Gasteiger partial charge in [-0.25, -0.2) is 13.8 Å².